The third-order valence-corrected chi connectivity index (χ3v) is 4.52. The van der Waals surface area contributed by atoms with Crippen molar-refractivity contribution in [1.29, 1.82) is 0 Å². The molecule has 0 radical (unpaired) electrons. The van der Waals surface area contributed by atoms with Crippen LogP contribution in [0.1, 0.15) is 29.3 Å². The minimum atomic E-state index is 0.0599. The largest absolute Gasteiger partial charge is 0.385 e. The first kappa shape index (κ1) is 14.5. The molecule has 0 aliphatic carbocycles. The van der Waals surface area contributed by atoms with Crippen LogP contribution >= 0.6 is 0 Å². The Morgan fingerprint density at radius 1 is 1.29 bits per heavy atom. The highest BCUT2D eigenvalue weighted by molar-refractivity contribution is 5.98. The maximum Gasteiger partial charge on any atom is 0.167 e. The summed E-state index contributed by atoms with van der Waals surface area (Å²) in [5.74, 6) is 0.327. The van der Waals surface area contributed by atoms with Gasteiger partial charge in [-0.3, -0.25) is 4.79 Å². The van der Waals surface area contributed by atoms with Gasteiger partial charge in [-0.25, -0.2) is 0 Å². The number of Topliss-reactive ketones (excluding diaryl/α,β-unsaturated/α-hetero) is 1. The predicted octanol–water partition coefficient (Wildman–Crippen LogP) is 1.77. The van der Waals surface area contributed by atoms with E-state index < -0.39 is 0 Å². The van der Waals surface area contributed by atoms with Gasteiger partial charge in [0.15, 0.2) is 5.78 Å². The van der Waals surface area contributed by atoms with Crippen molar-refractivity contribution in [3.05, 3.63) is 29.3 Å². The van der Waals surface area contributed by atoms with E-state index in [9.17, 15) is 4.79 Å². The molecule has 1 atom stereocenters. The Balaban J connectivity index is 1.66. The van der Waals surface area contributed by atoms with E-state index in [1.165, 1.54) is 12.0 Å². The molecule has 0 spiro atoms. The van der Waals surface area contributed by atoms with Crippen molar-refractivity contribution in [3.63, 3.8) is 0 Å². The van der Waals surface area contributed by atoms with Gasteiger partial charge in [0, 0.05) is 56.4 Å². The Kier molecular flexibility index (Phi) is 4.56. The van der Waals surface area contributed by atoms with Crippen molar-refractivity contribution in [1.82, 2.24) is 10.2 Å². The molecular formula is C17H25N3O. The van der Waals surface area contributed by atoms with E-state index >= 15 is 0 Å². The average Bonchev–Trinajstić information content (AvgIpc) is 2.54. The van der Waals surface area contributed by atoms with Gasteiger partial charge >= 0.3 is 0 Å². The number of carbonyl (C=O) groups is 1. The molecule has 2 aliphatic rings. The van der Waals surface area contributed by atoms with Crippen molar-refractivity contribution in [2.24, 2.45) is 5.92 Å². The van der Waals surface area contributed by atoms with Gasteiger partial charge in [0.25, 0.3) is 0 Å². The fourth-order valence-corrected chi connectivity index (χ4v) is 3.26. The van der Waals surface area contributed by atoms with Crippen LogP contribution in [0, 0.1) is 5.92 Å². The molecule has 114 valence electrons. The predicted molar refractivity (Wildman–Crippen MR) is 86.1 cm³/mol. The number of aryl methyl sites for hydroxylation is 1. The monoisotopic (exact) mass is 287 g/mol. The van der Waals surface area contributed by atoms with Crippen LogP contribution in [0.4, 0.5) is 5.69 Å². The van der Waals surface area contributed by atoms with Crippen LogP contribution in [0.5, 0.6) is 0 Å². The molecule has 0 saturated carbocycles. The van der Waals surface area contributed by atoms with Crippen LogP contribution < -0.4 is 10.6 Å². The molecule has 2 aliphatic heterocycles. The molecule has 1 aromatic rings. The second-order valence-corrected chi connectivity index (χ2v) is 6.22. The zero-order chi connectivity index (χ0) is 14.7. The first-order valence-corrected chi connectivity index (χ1v) is 8.08. The molecule has 1 unspecified atom stereocenters. The van der Waals surface area contributed by atoms with Gasteiger partial charge in [-0.1, -0.05) is 19.1 Å². The summed E-state index contributed by atoms with van der Waals surface area (Å²) >= 11 is 0. The van der Waals surface area contributed by atoms with Crippen molar-refractivity contribution < 1.29 is 4.79 Å². The van der Waals surface area contributed by atoms with Crippen molar-refractivity contribution in [2.45, 2.75) is 19.8 Å². The summed E-state index contributed by atoms with van der Waals surface area (Å²) in [5, 5.41) is 6.76. The van der Waals surface area contributed by atoms with E-state index in [0.717, 1.165) is 56.9 Å². The molecule has 1 fully saturated rings. The number of rotatable bonds is 4. The van der Waals surface area contributed by atoms with Crippen LogP contribution in [-0.2, 0) is 6.42 Å². The maximum atomic E-state index is 12.6. The lowest BCUT2D eigenvalue weighted by molar-refractivity contribution is 0.0887. The second-order valence-electron chi connectivity index (χ2n) is 6.22. The lowest BCUT2D eigenvalue weighted by atomic mass is 9.94. The summed E-state index contributed by atoms with van der Waals surface area (Å²) in [4.78, 5) is 15.0. The molecular weight excluding hydrogens is 262 g/mol. The van der Waals surface area contributed by atoms with Gasteiger partial charge < -0.3 is 15.5 Å². The second kappa shape index (κ2) is 6.58. The Labute approximate surface area is 126 Å². The Morgan fingerprint density at radius 2 is 2.10 bits per heavy atom. The quantitative estimate of drug-likeness (QED) is 0.829. The standard InChI is InChI=1S/C17H25N3O/c1-13(12-20-9-7-18-8-10-20)17(21)15-5-4-14-3-2-6-19-16(14)11-15/h4-5,11,13,18-19H,2-3,6-10,12H2,1H3. The number of piperazine rings is 1. The van der Waals surface area contributed by atoms with Crippen LogP contribution in [0.3, 0.4) is 0 Å². The lowest BCUT2D eigenvalue weighted by Gasteiger charge is -2.29. The summed E-state index contributed by atoms with van der Waals surface area (Å²) in [6, 6.07) is 6.17. The number of benzene rings is 1. The summed E-state index contributed by atoms with van der Waals surface area (Å²) in [5.41, 5.74) is 3.35. The van der Waals surface area contributed by atoms with Gasteiger partial charge in [0.1, 0.15) is 0 Å². The molecule has 1 aromatic carbocycles. The van der Waals surface area contributed by atoms with Gasteiger partial charge in [-0.05, 0) is 24.5 Å². The lowest BCUT2D eigenvalue weighted by Crippen LogP contribution is -2.45. The Bertz CT molecular complexity index is 509. The molecule has 4 heteroatoms. The highest BCUT2D eigenvalue weighted by atomic mass is 16.1. The first-order valence-electron chi connectivity index (χ1n) is 8.08. The fraction of sp³-hybridized carbons (Fsp3) is 0.588. The van der Waals surface area contributed by atoms with Crippen LogP contribution in [0.25, 0.3) is 0 Å². The molecule has 0 bridgehead atoms. The summed E-state index contributed by atoms with van der Waals surface area (Å²) in [6.07, 6.45) is 2.30. The highest BCUT2D eigenvalue weighted by Crippen LogP contribution is 2.24. The van der Waals surface area contributed by atoms with E-state index in [2.05, 4.69) is 28.5 Å². The third-order valence-electron chi connectivity index (χ3n) is 4.52. The highest BCUT2D eigenvalue weighted by Gasteiger charge is 2.21. The summed E-state index contributed by atoms with van der Waals surface area (Å²) < 4.78 is 0. The van der Waals surface area contributed by atoms with Crippen molar-refractivity contribution in [2.75, 3.05) is 44.6 Å². The number of hydrogen-bond donors (Lipinski definition) is 2. The number of fused-ring (bicyclic) bond motifs is 1. The molecule has 3 rings (SSSR count). The van der Waals surface area contributed by atoms with Gasteiger partial charge in [0.2, 0.25) is 0 Å². The molecule has 0 aromatic heterocycles. The number of carbonyl (C=O) groups excluding carboxylic acids is 1. The smallest absolute Gasteiger partial charge is 0.167 e. The molecule has 4 nitrogen and oxygen atoms in total. The summed E-state index contributed by atoms with van der Waals surface area (Å²) in [7, 11) is 0. The van der Waals surface area contributed by atoms with Crippen LogP contribution in [-0.4, -0.2) is 50.0 Å². The Hall–Kier alpha value is -1.39. The molecule has 2 N–H and O–H groups in total. The van der Waals surface area contributed by atoms with Crippen molar-refractivity contribution >= 4 is 11.5 Å². The first-order chi connectivity index (χ1) is 10.2. The van der Waals surface area contributed by atoms with Crippen molar-refractivity contribution in [3.8, 4) is 0 Å². The fourth-order valence-electron chi connectivity index (χ4n) is 3.26. The molecule has 0 amide bonds. The molecule has 21 heavy (non-hydrogen) atoms. The topological polar surface area (TPSA) is 44.4 Å². The molecule has 2 heterocycles. The third kappa shape index (κ3) is 3.44. The number of anilines is 1. The normalized spacial score (nSPS) is 20.4. The maximum absolute atomic E-state index is 12.6. The van der Waals surface area contributed by atoms with E-state index in [4.69, 9.17) is 0 Å². The van der Waals surface area contributed by atoms with Gasteiger partial charge in [-0.2, -0.15) is 0 Å². The summed E-state index contributed by atoms with van der Waals surface area (Å²) in [6.45, 7) is 8.09. The molecule has 1 saturated heterocycles. The number of ketones is 1. The van der Waals surface area contributed by atoms with Gasteiger partial charge in [0.05, 0.1) is 0 Å². The Morgan fingerprint density at radius 3 is 2.90 bits per heavy atom. The van der Waals surface area contributed by atoms with E-state index in [1.807, 2.05) is 12.1 Å². The zero-order valence-electron chi connectivity index (χ0n) is 12.8. The minimum absolute atomic E-state index is 0.0599. The average molecular weight is 287 g/mol. The van der Waals surface area contributed by atoms with E-state index in [-0.39, 0.29) is 11.7 Å². The number of nitrogens with one attached hydrogen (secondary N) is 2. The van der Waals surface area contributed by atoms with E-state index in [1.54, 1.807) is 0 Å². The van der Waals surface area contributed by atoms with Crippen LogP contribution in [0.15, 0.2) is 18.2 Å². The van der Waals surface area contributed by atoms with E-state index in [0.29, 0.717) is 0 Å². The SMILES string of the molecule is CC(CN1CCNCC1)C(=O)c1ccc2c(c1)NCCC2. The number of nitrogens with zero attached hydrogens (tertiary/aromatic N) is 1. The van der Waals surface area contributed by atoms with Gasteiger partial charge in [-0.15, -0.1) is 0 Å². The van der Waals surface area contributed by atoms with Crippen LogP contribution in [0.2, 0.25) is 0 Å². The minimum Gasteiger partial charge on any atom is -0.385 e. The zero-order valence-corrected chi connectivity index (χ0v) is 12.8. The number of hydrogen-bond acceptors (Lipinski definition) is 4.